The second kappa shape index (κ2) is 5.72. The third-order valence-corrected chi connectivity index (χ3v) is 3.62. The van der Waals surface area contributed by atoms with Gasteiger partial charge < -0.3 is 9.32 Å². The minimum absolute atomic E-state index is 0.0406. The molecule has 6 nitrogen and oxygen atoms in total. The molecule has 3 rings (SSSR count). The maximum atomic E-state index is 12.5. The molecule has 3 heterocycles. The van der Waals surface area contributed by atoms with Gasteiger partial charge >= 0.3 is 0 Å². The van der Waals surface area contributed by atoms with Gasteiger partial charge in [0.1, 0.15) is 22.7 Å². The van der Waals surface area contributed by atoms with Crippen LogP contribution in [0.2, 0.25) is 0 Å². The van der Waals surface area contributed by atoms with Gasteiger partial charge in [0.15, 0.2) is 0 Å². The van der Waals surface area contributed by atoms with Crippen LogP contribution in [0.4, 0.5) is 0 Å². The fourth-order valence-corrected chi connectivity index (χ4v) is 2.41. The van der Waals surface area contributed by atoms with Crippen LogP contribution < -0.4 is 5.56 Å². The van der Waals surface area contributed by atoms with Crippen molar-refractivity contribution in [3.8, 4) is 0 Å². The molecule has 0 aliphatic rings. The fraction of sp³-hybridized carbons (Fsp3) is 0.235. The molecular weight excluding hydrogens is 294 g/mol. The van der Waals surface area contributed by atoms with Crippen LogP contribution in [-0.4, -0.2) is 27.2 Å². The summed E-state index contributed by atoms with van der Waals surface area (Å²) in [5, 5.41) is 0. The van der Waals surface area contributed by atoms with Crippen molar-refractivity contribution in [2.24, 2.45) is 0 Å². The number of rotatable bonds is 3. The van der Waals surface area contributed by atoms with Crippen molar-refractivity contribution in [2.75, 3.05) is 7.05 Å². The monoisotopic (exact) mass is 311 g/mol. The lowest BCUT2D eigenvalue weighted by Gasteiger charge is -2.15. The Labute approximate surface area is 133 Å². The molecule has 0 spiro atoms. The molecule has 0 unspecified atom stereocenters. The molecule has 0 radical (unpaired) electrons. The van der Waals surface area contributed by atoms with Crippen molar-refractivity contribution in [3.05, 3.63) is 69.7 Å². The Hall–Kier alpha value is -2.89. The molecule has 0 saturated heterocycles. The Morgan fingerprint density at radius 2 is 2.04 bits per heavy atom. The van der Waals surface area contributed by atoms with E-state index in [9.17, 15) is 9.59 Å². The molecule has 1 amide bonds. The molecule has 0 saturated carbocycles. The molecule has 0 fully saturated rings. The second-order valence-corrected chi connectivity index (χ2v) is 5.59. The number of furan rings is 1. The molecular formula is C17H17N3O3. The summed E-state index contributed by atoms with van der Waals surface area (Å²) in [7, 11) is 1.63. The summed E-state index contributed by atoms with van der Waals surface area (Å²) in [6, 6.07) is 7.27. The first-order valence-electron chi connectivity index (χ1n) is 7.24. The average Bonchev–Trinajstić information content (AvgIpc) is 2.92. The summed E-state index contributed by atoms with van der Waals surface area (Å²) in [4.78, 5) is 30.7. The van der Waals surface area contributed by atoms with E-state index in [4.69, 9.17) is 4.42 Å². The molecule has 23 heavy (non-hydrogen) atoms. The Morgan fingerprint density at radius 3 is 2.74 bits per heavy atom. The highest BCUT2D eigenvalue weighted by atomic mass is 16.3. The summed E-state index contributed by atoms with van der Waals surface area (Å²) in [6.07, 6.45) is 3.01. The number of amides is 1. The number of pyridine rings is 1. The van der Waals surface area contributed by atoms with Gasteiger partial charge in [-0.1, -0.05) is 6.07 Å². The number of nitrogens with zero attached hydrogens (tertiary/aromatic N) is 3. The quantitative estimate of drug-likeness (QED) is 0.743. The van der Waals surface area contributed by atoms with E-state index in [0.29, 0.717) is 18.0 Å². The number of aromatic nitrogens is 2. The van der Waals surface area contributed by atoms with E-state index in [1.54, 1.807) is 19.3 Å². The van der Waals surface area contributed by atoms with Crippen LogP contribution in [0.3, 0.4) is 0 Å². The fourth-order valence-electron chi connectivity index (χ4n) is 2.41. The smallest absolute Gasteiger partial charge is 0.270 e. The molecule has 0 N–H and O–H groups in total. The van der Waals surface area contributed by atoms with Crippen LogP contribution in [0.1, 0.15) is 27.4 Å². The standard InChI is InChI=1S/C17H17N3O3/c1-11-4-7-15-18-8-14(17(22)20(15)9-11)16(21)19(3)10-13-6-5-12(2)23-13/h4-9H,10H2,1-3H3. The lowest BCUT2D eigenvalue weighted by molar-refractivity contribution is 0.0772. The molecule has 118 valence electrons. The number of hydrogen-bond acceptors (Lipinski definition) is 4. The van der Waals surface area contributed by atoms with E-state index in [2.05, 4.69) is 4.98 Å². The summed E-state index contributed by atoms with van der Waals surface area (Å²) in [5.74, 6) is 1.07. The Balaban J connectivity index is 1.94. The number of carbonyl (C=O) groups is 1. The minimum Gasteiger partial charge on any atom is -0.464 e. The van der Waals surface area contributed by atoms with Crippen molar-refractivity contribution in [3.63, 3.8) is 0 Å². The maximum absolute atomic E-state index is 12.5. The molecule has 0 atom stereocenters. The predicted octanol–water partition coefficient (Wildman–Crippen LogP) is 2.18. The van der Waals surface area contributed by atoms with Gasteiger partial charge in [-0.15, -0.1) is 0 Å². The van der Waals surface area contributed by atoms with E-state index in [1.807, 2.05) is 32.0 Å². The first kappa shape index (κ1) is 15.0. The van der Waals surface area contributed by atoms with Gasteiger partial charge in [-0.3, -0.25) is 14.0 Å². The molecule has 3 aromatic rings. The third-order valence-electron chi connectivity index (χ3n) is 3.62. The zero-order chi connectivity index (χ0) is 16.6. The summed E-state index contributed by atoms with van der Waals surface area (Å²) in [5.41, 5.74) is 1.11. The minimum atomic E-state index is -0.382. The van der Waals surface area contributed by atoms with Gasteiger partial charge in [0.2, 0.25) is 0 Å². The van der Waals surface area contributed by atoms with Gasteiger partial charge in [0.05, 0.1) is 6.54 Å². The molecule has 0 aliphatic heterocycles. The third kappa shape index (κ3) is 2.88. The van der Waals surface area contributed by atoms with Gasteiger partial charge in [-0.05, 0) is 37.6 Å². The Kier molecular flexibility index (Phi) is 3.73. The van der Waals surface area contributed by atoms with Crippen LogP contribution >= 0.6 is 0 Å². The summed E-state index contributed by atoms with van der Waals surface area (Å²) >= 11 is 0. The van der Waals surface area contributed by atoms with Crippen LogP contribution in [0.15, 0.2) is 45.9 Å². The first-order valence-corrected chi connectivity index (χ1v) is 7.24. The van der Waals surface area contributed by atoms with Gasteiger partial charge in [0, 0.05) is 19.4 Å². The van der Waals surface area contributed by atoms with Crippen LogP contribution in [-0.2, 0) is 6.54 Å². The molecule has 3 aromatic heterocycles. The van der Waals surface area contributed by atoms with Crippen molar-refractivity contribution < 1.29 is 9.21 Å². The zero-order valence-electron chi connectivity index (χ0n) is 13.2. The zero-order valence-corrected chi connectivity index (χ0v) is 13.2. The highest BCUT2D eigenvalue weighted by molar-refractivity contribution is 5.93. The number of aryl methyl sites for hydroxylation is 2. The van der Waals surface area contributed by atoms with Crippen molar-refractivity contribution in [1.29, 1.82) is 0 Å². The highest BCUT2D eigenvalue weighted by Gasteiger charge is 2.18. The van der Waals surface area contributed by atoms with Crippen molar-refractivity contribution in [2.45, 2.75) is 20.4 Å². The number of hydrogen-bond donors (Lipinski definition) is 0. The topological polar surface area (TPSA) is 67.8 Å². The van der Waals surface area contributed by atoms with E-state index in [1.165, 1.54) is 15.5 Å². The van der Waals surface area contributed by atoms with Gasteiger partial charge in [0.25, 0.3) is 11.5 Å². The largest absolute Gasteiger partial charge is 0.464 e. The van der Waals surface area contributed by atoms with Crippen LogP contribution in [0, 0.1) is 13.8 Å². The van der Waals surface area contributed by atoms with Gasteiger partial charge in [-0.25, -0.2) is 4.98 Å². The van der Waals surface area contributed by atoms with E-state index < -0.39 is 0 Å². The average molecular weight is 311 g/mol. The van der Waals surface area contributed by atoms with Gasteiger partial charge in [-0.2, -0.15) is 0 Å². The SMILES string of the molecule is Cc1ccc2ncc(C(=O)N(C)Cc3ccc(C)o3)c(=O)n2c1. The van der Waals surface area contributed by atoms with E-state index in [-0.39, 0.29) is 17.0 Å². The Morgan fingerprint density at radius 1 is 1.26 bits per heavy atom. The normalized spacial score (nSPS) is 10.9. The highest BCUT2D eigenvalue weighted by Crippen LogP contribution is 2.10. The molecule has 0 aliphatic carbocycles. The van der Waals surface area contributed by atoms with Crippen LogP contribution in [0.5, 0.6) is 0 Å². The lowest BCUT2D eigenvalue weighted by atomic mass is 10.2. The summed E-state index contributed by atoms with van der Waals surface area (Å²) in [6.45, 7) is 4.02. The van der Waals surface area contributed by atoms with Crippen molar-refractivity contribution >= 4 is 11.6 Å². The number of fused-ring (bicyclic) bond motifs is 1. The second-order valence-electron chi connectivity index (χ2n) is 5.59. The predicted molar refractivity (Wildman–Crippen MR) is 85.4 cm³/mol. The number of carbonyl (C=O) groups excluding carboxylic acids is 1. The van der Waals surface area contributed by atoms with E-state index in [0.717, 1.165) is 11.3 Å². The molecule has 6 heteroatoms. The van der Waals surface area contributed by atoms with Crippen molar-refractivity contribution in [1.82, 2.24) is 14.3 Å². The molecule has 0 bridgehead atoms. The maximum Gasteiger partial charge on any atom is 0.270 e. The Bertz CT molecular complexity index is 940. The van der Waals surface area contributed by atoms with E-state index >= 15 is 0 Å². The van der Waals surface area contributed by atoms with Crippen LogP contribution in [0.25, 0.3) is 5.65 Å². The first-order chi connectivity index (χ1) is 11.0. The summed E-state index contributed by atoms with van der Waals surface area (Å²) < 4.78 is 6.86. The lowest BCUT2D eigenvalue weighted by Crippen LogP contribution is -2.33. The molecule has 0 aromatic carbocycles.